The standard InChI is InChI=1S/C14H12ClN3/c1-9-3-2-4-12(15)14(9)18-11-5-6-13(17)10(7-11)8-16/h2-7,18H,17H2,1H3. The second-order valence-electron chi connectivity index (χ2n) is 3.97. The number of nitrogens with one attached hydrogen (secondary N) is 1. The summed E-state index contributed by atoms with van der Waals surface area (Å²) in [5.41, 5.74) is 9.27. The van der Waals surface area contributed by atoms with Gasteiger partial charge in [0.1, 0.15) is 6.07 Å². The van der Waals surface area contributed by atoms with Crippen molar-refractivity contribution in [2.75, 3.05) is 11.1 Å². The first-order valence-electron chi connectivity index (χ1n) is 5.43. The van der Waals surface area contributed by atoms with Crippen LogP contribution in [-0.2, 0) is 0 Å². The van der Waals surface area contributed by atoms with Crippen LogP contribution in [0.3, 0.4) is 0 Å². The van der Waals surface area contributed by atoms with Crippen LogP contribution < -0.4 is 11.1 Å². The lowest BCUT2D eigenvalue weighted by atomic mass is 10.1. The summed E-state index contributed by atoms with van der Waals surface area (Å²) in [6.45, 7) is 1.97. The Morgan fingerprint density at radius 1 is 1.28 bits per heavy atom. The van der Waals surface area contributed by atoms with Gasteiger partial charge in [-0.3, -0.25) is 0 Å². The molecule has 2 rings (SSSR count). The normalized spacial score (nSPS) is 9.83. The van der Waals surface area contributed by atoms with Gasteiger partial charge in [-0.2, -0.15) is 5.26 Å². The van der Waals surface area contributed by atoms with Crippen LogP contribution in [0.1, 0.15) is 11.1 Å². The maximum Gasteiger partial charge on any atom is 0.101 e. The smallest absolute Gasteiger partial charge is 0.101 e. The fourth-order valence-electron chi connectivity index (χ4n) is 1.67. The van der Waals surface area contributed by atoms with Crippen molar-refractivity contribution >= 4 is 28.7 Å². The van der Waals surface area contributed by atoms with E-state index >= 15 is 0 Å². The van der Waals surface area contributed by atoms with Gasteiger partial charge < -0.3 is 11.1 Å². The highest BCUT2D eigenvalue weighted by atomic mass is 35.5. The van der Waals surface area contributed by atoms with E-state index in [9.17, 15) is 0 Å². The molecule has 0 radical (unpaired) electrons. The molecule has 0 aromatic heterocycles. The first kappa shape index (κ1) is 12.3. The van der Waals surface area contributed by atoms with Crippen molar-refractivity contribution < 1.29 is 0 Å². The zero-order chi connectivity index (χ0) is 13.1. The molecule has 0 bridgehead atoms. The number of hydrogen-bond acceptors (Lipinski definition) is 3. The monoisotopic (exact) mass is 257 g/mol. The lowest BCUT2D eigenvalue weighted by Gasteiger charge is -2.12. The number of para-hydroxylation sites is 1. The topological polar surface area (TPSA) is 61.8 Å². The van der Waals surface area contributed by atoms with E-state index in [0.29, 0.717) is 16.3 Å². The van der Waals surface area contributed by atoms with Gasteiger partial charge in [0.05, 0.1) is 16.3 Å². The number of halogens is 1. The van der Waals surface area contributed by atoms with Crippen molar-refractivity contribution in [3.63, 3.8) is 0 Å². The minimum absolute atomic E-state index is 0.449. The molecule has 0 unspecified atom stereocenters. The Morgan fingerprint density at radius 3 is 2.72 bits per heavy atom. The second-order valence-corrected chi connectivity index (χ2v) is 4.38. The number of rotatable bonds is 2. The number of nitrogens with two attached hydrogens (primary N) is 1. The van der Waals surface area contributed by atoms with Gasteiger partial charge in [0, 0.05) is 11.4 Å². The zero-order valence-corrected chi connectivity index (χ0v) is 10.6. The van der Waals surface area contributed by atoms with E-state index in [1.165, 1.54) is 0 Å². The van der Waals surface area contributed by atoms with Crippen LogP contribution in [0.5, 0.6) is 0 Å². The second kappa shape index (κ2) is 4.99. The lowest BCUT2D eigenvalue weighted by molar-refractivity contribution is 1.42. The third kappa shape index (κ3) is 2.39. The molecular formula is C14H12ClN3. The summed E-state index contributed by atoms with van der Waals surface area (Å²) < 4.78 is 0. The molecule has 0 atom stereocenters. The van der Waals surface area contributed by atoms with Crippen molar-refractivity contribution in [1.82, 2.24) is 0 Å². The summed E-state index contributed by atoms with van der Waals surface area (Å²) in [4.78, 5) is 0. The summed E-state index contributed by atoms with van der Waals surface area (Å²) in [5.74, 6) is 0. The van der Waals surface area contributed by atoms with Gasteiger partial charge in [0.2, 0.25) is 0 Å². The van der Waals surface area contributed by atoms with Gasteiger partial charge in [0.15, 0.2) is 0 Å². The number of hydrogen-bond donors (Lipinski definition) is 2. The van der Waals surface area contributed by atoms with E-state index in [2.05, 4.69) is 11.4 Å². The Kier molecular flexibility index (Phi) is 3.40. The summed E-state index contributed by atoms with van der Waals surface area (Å²) in [5, 5.41) is 12.8. The van der Waals surface area contributed by atoms with Gasteiger partial charge in [0.25, 0.3) is 0 Å². The van der Waals surface area contributed by atoms with Crippen LogP contribution in [0, 0.1) is 18.3 Å². The number of benzene rings is 2. The lowest BCUT2D eigenvalue weighted by Crippen LogP contribution is -1.96. The van der Waals surface area contributed by atoms with E-state index in [4.69, 9.17) is 22.6 Å². The molecule has 2 aromatic carbocycles. The Balaban J connectivity index is 2.38. The van der Waals surface area contributed by atoms with Crippen LogP contribution in [-0.4, -0.2) is 0 Å². The molecule has 4 heteroatoms. The largest absolute Gasteiger partial charge is 0.398 e. The number of anilines is 3. The van der Waals surface area contributed by atoms with Crippen LogP contribution in [0.2, 0.25) is 5.02 Å². The van der Waals surface area contributed by atoms with Crippen molar-refractivity contribution in [2.24, 2.45) is 0 Å². The maximum absolute atomic E-state index is 8.93. The predicted octanol–water partition coefficient (Wildman–Crippen LogP) is 3.85. The van der Waals surface area contributed by atoms with E-state index in [1.807, 2.05) is 31.2 Å². The minimum atomic E-state index is 0.449. The maximum atomic E-state index is 8.93. The first-order chi connectivity index (χ1) is 8.61. The highest BCUT2D eigenvalue weighted by molar-refractivity contribution is 6.33. The first-order valence-corrected chi connectivity index (χ1v) is 5.81. The van der Waals surface area contributed by atoms with Crippen molar-refractivity contribution in [2.45, 2.75) is 6.92 Å². The van der Waals surface area contributed by atoms with Crippen molar-refractivity contribution in [3.8, 4) is 6.07 Å². The molecule has 0 aliphatic rings. The van der Waals surface area contributed by atoms with Crippen LogP contribution >= 0.6 is 11.6 Å². The molecule has 3 N–H and O–H groups in total. The van der Waals surface area contributed by atoms with E-state index in [1.54, 1.807) is 12.1 Å². The fourth-order valence-corrected chi connectivity index (χ4v) is 1.93. The summed E-state index contributed by atoms with van der Waals surface area (Å²) >= 11 is 6.13. The molecular weight excluding hydrogens is 246 g/mol. The van der Waals surface area contributed by atoms with Gasteiger partial charge >= 0.3 is 0 Å². The molecule has 0 aliphatic carbocycles. The average molecular weight is 258 g/mol. The molecule has 0 aliphatic heterocycles. The summed E-state index contributed by atoms with van der Waals surface area (Å²) in [6.07, 6.45) is 0. The third-order valence-electron chi connectivity index (χ3n) is 2.67. The molecule has 2 aromatic rings. The Labute approximate surface area is 111 Å². The Hall–Kier alpha value is -2.18. The van der Waals surface area contributed by atoms with Crippen LogP contribution in [0.15, 0.2) is 36.4 Å². The molecule has 18 heavy (non-hydrogen) atoms. The number of nitrogen functional groups attached to an aromatic ring is 1. The molecule has 0 heterocycles. The van der Waals surface area contributed by atoms with E-state index in [-0.39, 0.29) is 0 Å². The number of nitriles is 1. The van der Waals surface area contributed by atoms with E-state index in [0.717, 1.165) is 16.9 Å². The van der Waals surface area contributed by atoms with Crippen molar-refractivity contribution in [1.29, 1.82) is 5.26 Å². The average Bonchev–Trinajstić information content (AvgIpc) is 2.36. The Bertz CT molecular complexity index is 609. The van der Waals surface area contributed by atoms with Gasteiger partial charge in [-0.25, -0.2) is 0 Å². The highest BCUT2D eigenvalue weighted by Crippen LogP contribution is 2.29. The SMILES string of the molecule is Cc1cccc(Cl)c1Nc1ccc(N)c(C#N)c1. The van der Waals surface area contributed by atoms with Gasteiger partial charge in [-0.05, 0) is 36.8 Å². The predicted molar refractivity (Wildman–Crippen MR) is 75.0 cm³/mol. The summed E-state index contributed by atoms with van der Waals surface area (Å²) in [6, 6.07) is 13.0. The molecule has 0 amide bonds. The molecule has 0 spiro atoms. The van der Waals surface area contributed by atoms with Crippen molar-refractivity contribution in [3.05, 3.63) is 52.5 Å². The quantitative estimate of drug-likeness (QED) is 0.804. The Morgan fingerprint density at radius 2 is 2.06 bits per heavy atom. The molecule has 0 saturated heterocycles. The number of nitrogens with zero attached hydrogens (tertiary/aromatic N) is 1. The molecule has 90 valence electrons. The highest BCUT2D eigenvalue weighted by Gasteiger charge is 2.05. The molecule has 0 fully saturated rings. The number of aryl methyl sites for hydroxylation is 1. The van der Waals surface area contributed by atoms with Crippen LogP contribution in [0.25, 0.3) is 0 Å². The zero-order valence-electron chi connectivity index (χ0n) is 9.87. The van der Waals surface area contributed by atoms with Crippen LogP contribution in [0.4, 0.5) is 17.1 Å². The molecule has 3 nitrogen and oxygen atoms in total. The van der Waals surface area contributed by atoms with Gasteiger partial charge in [-0.1, -0.05) is 23.7 Å². The minimum Gasteiger partial charge on any atom is -0.398 e. The fraction of sp³-hybridized carbons (Fsp3) is 0.0714. The van der Waals surface area contributed by atoms with E-state index < -0.39 is 0 Å². The van der Waals surface area contributed by atoms with Gasteiger partial charge in [-0.15, -0.1) is 0 Å². The third-order valence-corrected chi connectivity index (χ3v) is 2.98. The summed E-state index contributed by atoms with van der Waals surface area (Å²) in [7, 11) is 0. The molecule has 0 saturated carbocycles.